The van der Waals surface area contributed by atoms with Gasteiger partial charge in [-0.25, -0.2) is 0 Å². The van der Waals surface area contributed by atoms with Crippen LogP contribution < -0.4 is 10.6 Å². The van der Waals surface area contributed by atoms with Gasteiger partial charge in [0.25, 0.3) is 0 Å². The van der Waals surface area contributed by atoms with Gasteiger partial charge in [0.2, 0.25) is 0 Å². The van der Waals surface area contributed by atoms with E-state index in [9.17, 15) is 0 Å². The molecule has 2 nitrogen and oxygen atoms in total. The second-order valence-electron chi connectivity index (χ2n) is 5.94. The summed E-state index contributed by atoms with van der Waals surface area (Å²) in [6.07, 6.45) is 10.7. The molecule has 0 bridgehead atoms. The second-order valence-corrected chi connectivity index (χ2v) is 5.94. The molecule has 0 spiro atoms. The molecule has 1 heterocycles. The molecule has 1 saturated heterocycles. The van der Waals surface area contributed by atoms with Gasteiger partial charge in [-0.15, -0.1) is 0 Å². The van der Waals surface area contributed by atoms with E-state index in [0.717, 1.165) is 12.6 Å². The number of hydrogen-bond acceptors (Lipinski definition) is 2. The molecule has 2 unspecified atom stereocenters. The van der Waals surface area contributed by atoms with Crippen molar-refractivity contribution in [1.82, 2.24) is 10.6 Å². The van der Waals surface area contributed by atoms with E-state index in [4.69, 9.17) is 0 Å². The van der Waals surface area contributed by atoms with Crippen molar-refractivity contribution in [3.63, 3.8) is 0 Å². The van der Waals surface area contributed by atoms with Crippen LogP contribution in [0.1, 0.15) is 72.1 Å². The summed E-state index contributed by atoms with van der Waals surface area (Å²) in [5.74, 6) is 0. The van der Waals surface area contributed by atoms with Gasteiger partial charge in [0.1, 0.15) is 0 Å². The maximum absolute atomic E-state index is 3.84. The summed E-state index contributed by atoms with van der Waals surface area (Å²) in [7, 11) is 0. The first-order chi connectivity index (χ1) is 8.20. The number of unbranched alkanes of at least 4 members (excludes halogenated alkanes) is 2. The fourth-order valence-corrected chi connectivity index (χ4v) is 2.92. The lowest BCUT2D eigenvalue weighted by Gasteiger charge is -2.32. The van der Waals surface area contributed by atoms with E-state index in [1.165, 1.54) is 57.9 Å². The van der Waals surface area contributed by atoms with Gasteiger partial charge in [-0.3, -0.25) is 0 Å². The normalized spacial score (nSPS) is 23.8. The van der Waals surface area contributed by atoms with Crippen molar-refractivity contribution in [2.24, 2.45) is 0 Å². The Balaban J connectivity index is 2.28. The maximum atomic E-state index is 3.84. The Bertz CT molecular complexity index is 187. The lowest BCUT2D eigenvalue weighted by Crippen LogP contribution is -2.47. The minimum Gasteiger partial charge on any atom is -0.313 e. The number of rotatable bonds is 9. The predicted octanol–water partition coefficient (Wildman–Crippen LogP) is 3.47. The Morgan fingerprint density at radius 3 is 2.59 bits per heavy atom. The average molecular weight is 240 g/mol. The van der Waals surface area contributed by atoms with E-state index in [-0.39, 0.29) is 0 Å². The largest absolute Gasteiger partial charge is 0.313 e. The molecule has 2 atom stereocenters. The first kappa shape index (κ1) is 15.0. The molecule has 2 heteroatoms. The van der Waals surface area contributed by atoms with Crippen LogP contribution in [0, 0.1) is 0 Å². The summed E-state index contributed by atoms with van der Waals surface area (Å²) in [6.45, 7) is 9.37. The minimum atomic E-state index is 0.369. The molecular formula is C15H32N2. The molecule has 1 fully saturated rings. The van der Waals surface area contributed by atoms with Gasteiger partial charge in [0.05, 0.1) is 0 Å². The van der Waals surface area contributed by atoms with Crippen LogP contribution in [0.4, 0.5) is 0 Å². The Kier molecular flexibility index (Phi) is 7.14. The van der Waals surface area contributed by atoms with E-state index in [0.29, 0.717) is 5.54 Å². The van der Waals surface area contributed by atoms with E-state index in [2.05, 4.69) is 31.4 Å². The third-order valence-corrected chi connectivity index (χ3v) is 4.07. The van der Waals surface area contributed by atoms with Crippen LogP contribution in [0.5, 0.6) is 0 Å². The fourth-order valence-electron chi connectivity index (χ4n) is 2.92. The Hall–Kier alpha value is -0.0800. The smallest absolute Gasteiger partial charge is 0.0193 e. The first-order valence-electron chi connectivity index (χ1n) is 7.68. The highest BCUT2D eigenvalue weighted by atomic mass is 15.0. The summed E-state index contributed by atoms with van der Waals surface area (Å²) in [4.78, 5) is 0. The predicted molar refractivity (Wildman–Crippen MR) is 76.5 cm³/mol. The van der Waals surface area contributed by atoms with Crippen LogP contribution in [-0.2, 0) is 0 Å². The maximum Gasteiger partial charge on any atom is 0.0193 e. The Morgan fingerprint density at radius 1 is 1.18 bits per heavy atom. The van der Waals surface area contributed by atoms with Crippen molar-refractivity contribution >= 4 is 0 Å². The lowest BCUT2D eigenvalue weighted by atomic mass is 9.89. The summed E-state index contributed by atoms with van der Waals surface area (Å²) in [5.41, 5.74) is 0.369. The van der Waals surface area contributed by atoms with Crippen LogP contribution in [-0.4, -0.2) is 24.7 Å². The molecule has 17 heavy (non-hydrogen) atoms. The zero-order valence-corrected chi connectivity index (χ0v) is 12.1. The van der Waals surface area contributed by atoms with Crippen molar-refractivity contribution in [2.45, 2.75) is 83.7 Å². The van der Waals surface area contributed by atoms with E-state index in [1.54, 1.807) is 0 Å². The van der Waals surface area contributed by atoms with Crippen molar-refractivity contribution in [3.05, 3.63) is 0 Å². The standard InChI is InChI=1S/C15H32N2/c1-4-6-7-11-15(3,10-5-2)17-13-14-9-8-12-16-14/h14,16-17H,4-13H2,1-3H3. The molecule has 0 aromatic rings. The molecule has 1 aliphatic heterocycles. The third kappa shape index (κ3) is 5.87. The van der Waals surface area contributed by atoms with Crippen molar-refractivity contribution in [2.75, 3.05) is 13.1 Å². The van der Waals surface area contributed by atoms with E-state index in [1.807, 2.05) is 0 Å². The summed E-state index contributed by atoms with van der Waals surface area (Å²) in [6, 6.07) is 0.720. The molecule has 0 saturated carbocycles. The molecule has 102 valence electrons. The van der Waals surface area contributed by atoms with Crippen LogP contribution in [0.3, 0.4) is 0 Å². The highest BCUT2D eigenvalue weighted by Gasteiger charge is 2.24. The SMILES string of the molecule is CCCCCC(C)(CCC)NCC1CCCN1. The quantitative estimate of drug-likeness (QED) is 0.603. The topological polar surface area (TPSA) is 24.1 Å². The zero-order valence-electron chi connectivity index (χ0n) is 12.1. The van der Waals surface area contributed by atoms with Gasteiger partial charge in [-0.2, -0.15) is 0 Å². The number of hydrogen-bond donors (Lipinski definition) is 2. The van der Waals surface area contributed by atoms with Crippen LogP contribution in [0.15, 0.2) is 0 Å². The van der Waals surface area contributed by atoms with Crippen molar-refractivity contribution < 1.29 is 0 Å². The summed E-state index contributed by atoms with van der Waals surface area (Å²) in [5, 5.41) is 7.41. The second kappa shape index (κ2) is 8.10. The molecular weight excluding hydrogens is 208 g/mol. The summed E-state index contributed by atoms with van der Waals surface area (Å²) < 4.78 is 0. The molecule has 0 radical (unpaired) electrons. The van der Waals surface area contributed by atoms with Gasteiger partial charge < -0.3 is 10.6 Å². The molecule has 1 aliphatic rings. The third-order valence-electron chi connectivity index (χ3n) is 4.07. The first-order valence-corrected chi connectivity index (χ1v) is 7.68. The van der Waals surface area contributed by atoms with E-state index < -0.39 is 0 Å². The van der Waals surface area contributed by atoms with Crippen molar-refractivity contribution in [1.29, 1.82) is 0 Å². The minimum absolute atomic E-state index is 0.369. The average Bonchev–Trinajstić information content (AvgIpc) is 2.80. The van der Waals surface area contributed by atoms with E-state index >= 15 is 0 Å². The van der Waals surface area contributed by atoms with Gasteiger partial charge in [0, 0.05) is 18.1 Å². The molecule has 0 aromatic carbocycles. The Morgan fingerprint density at radius 2 is 2.00 bits per heavy atom. The molecule has 0 aliphatic carbocycles. The van der Waals surface area contributed by atoms with Gasteiger partial charge in [0.15, 0.2) is 0 Å². The molecule has 0 aromatic heterocycles. The highest BCUT2D eigenvalue weighted by molar-refractivity contribution is 4.86. The van der Waals surface area contributed by atoms with Crippen LogP contribution >= 0.6 is 0 Å². The monoisotopic (exact) mass is 240 g/mol. The number of nitrogens with one attached hydrogen (secondary N) is 2. The molecule has 1 rings (SSSR count). The van der Waals surface area contributed by atoms with Crippen molar-refractivity contribution in [3.8, 4) is 0 Å². The zero-order chi connectivity index (χ0) is 12.6. The van der Waals surface area contributed by atoms with Gasteiger partial charge in [-0.1, -0.05) is 39.5 Å². The fraction of sp³-hybridized carbons (Fsp3) is 1.00. The van der Waals surface area contributed by atoms with Crippen LogP contribution in [0.25, 0.3) is 0 Å². The van der Waals surface area contributed by atoms with Gasteiger partial charge in [-0.05, 0) is 39.2 Å². The van der Waals surface area contributed by atoms with Crippen LogP contribution in [0.2, 0.25) is 0 Å². The van der Waals surface area contributed by atoms with Gasteiger partial charge >= 0.3 is 0 Å². The Labute approximate surface area is 108 Å². The highest BCUT2D eigenvalue weighted by Crippen LogP contribution is 2.21. The lowest BCUT2D eigenvalue weighted by molar-refractivity contribution is 0.285. The molecule has 0 amide bonds. The molecule has 2 N–H and O–H groups in total. The summed E-state index contributed by atoms with van der Waals surface area (Å²) >= 11 is 0.